The van der Waals surface area contributed by atoms with E-state index in [4.69, 9.17) is 0 Å². The maximum atomic E-state index is 12.0. The number of rotatable bonds is 4. The van der Waals surface area contributed by atoms with Crippen LogP contribution in [0.1, 0.15) is 40.7 Å². The molecule has 0 spiro atoms. The van der Waals surface area contributed by atoms with E-state index in [0.717, 1.165) is 24.2 Å². The van der Waals surface area contributed by atoms with E-state index in [-0.39, 0.29) is 5.91 Å². The van der Waals surface area contributed by atoms with E-state index in [1.165, 1.54) is 24.9 Å². The first-order chi connectivity index (χ1) is 11.7. The summed E-state index contributed by atoms with van der Waals surface area (Å²) in [6, 6.07) is 15.7. The van der Waals surface area contributed by atoms with Crippen LogP contribution in [0.25, 0.3) is 0 Å². The first kappa shape index (κ1) is 16.2. The second-order valence-corrected chi connectivity index (χ2v) is 6.20. The van der Waals surface area contributed by atoms with Crippen molar-refractivity contribution in [1.29, 1.82) is 0 Å². The number of aryl methyl sites for hydroxylation is 1. The fraction of sp³-hybridized carbons (Fsp3) is 0.300. The zero-order valence-electron chi connectivity index (χ0n) is 14.0. The molecule has 4 heteroatoms. The third-order valence-electron chi connectivity index (χ3n) is 4.31. The summed E-state index contributed by atoms with van der Waals surface area (Å²) in [6.45, 7) is 4.27. The van der Waals surface area contributed by atoms with E-state index in [9.17, 15) is 4.79 Å². The van der Waals surface area contributed by atoms with Crippen molar-refractivity contribution in [1.82, 2.24) is 5.43 Å². The van der Waals surface area contributed by atoms with Gasteiger partial charge in [-0.25, -0.2) is 5.43 Å². The minimum Gasteiger partial charge on any atom is -0.372 e. The summed E-state index contributed by atoms with van der Waals surface area (Å²) < 4.78 is 0. The molecule has 24 heavy (non-hydrogen) atoms. The van der Waals surface area contributed by atoms with E-state index in [1.54, 1.807) is 18.3 Å². The lowest BCUT2D eigenvalue weighted by Crippen LogP contribution is -2.29. The Morgan fingerprint density at radius 1 is 1.00 bits per heavy atom. The Kier molecular flexibility index (Phi) is 5.26. The van der Waals surface area contributed by atoms with Gasteiger partial charge in [0.15, 0.2) is 0 Å². The van der Waals surface area contributed by atoms with Gasteiger partial charge in [-0.3, -0.25) is 4.79 Å². The molecule has 0 atom stereocenters. The van der Waals surface area contributed by atoms with Gasteiger partial charge in [-0.15, -0.1) is 0 Å². The number of benzene rings is 2. The van der Waals surface area contributed by atoms with Crippen LogP contribution in [0.2, 0.25) is 0 Å². The molecule has 4 nitrogen and oxygen atoms in total. The molecule has 1 heterocycles. The molecule has 2 aromatic rings. The number of anilines is 1. The van der Waals surface area contributed by atoms with Crippen LogP contribution in [0, 0.1) is 6.92 Å². The predicted octanol–water partition coefficient (Wildman–Crippen LogP) is 3.75. The van der Waals surface area contributed by atoms with E-state index in [1.807, 2.05) is 31.2 Å². The van der Waals surface area contributed by atoms with Gasteiger partial charge in [0.2, 0.25) is 0 Å². The number of amides is 1. The minimum absolute atomic E-state index is 0.198. The third-order valence-corrected chi connectivity index (χ3v) is 4.31. The molecule has 1 aliphatic rings. The number of carbonyl (C=O) groups is 1. The zero-order chi connectivity index (χ0) is 16.8. The Morgan fingerprint density at radius 2 is 1.67 bits per heavy atom. The molecule has 1 amide bonds. The summed E-state index contributed by atoms with van der Waals surface area (Å²) >= 11 is 0. The normalized spacial score (nSPS) is 14.8. The quantitative estimate of drug-likeness (QED) is 0.688. The summed E-state index contributed by atoms with van der Waals surface area (Å²) in [5.41, 5.74) is 6.53. The highest BCUT2D eigenvalue weighted by molar-refractivity contribution is 5.94. The Hall–Kier alpha value is -2.62. The van der Waals surface area contributed by atoms with Gasteiger partial charge in [-0.05, 0) is 56.0 Å². The largest absolute Gasteiger partial charge is 0.372 e. The van der Waals surface area contributed by atoms with E-state index >= 15 is 0 Å². The summed E-state index contributed by atoms with van der Waals surface area (Å²) in [6.07, 6.45) is 5.55. The Bertz CT molecular complexity index is 699. The second kappa shape index (κ2) is 7.77. The molecule has 1 saturated heterocycles. The Morgan fingerprint density at radius 3 is 2.33 bits per heavy atom. The van der Waals surface area contributed by atoms with Crippen molar-refractivity contribution in [2.24, 2.45) is 5.10 Å². The molecule has 0 bridgehead atoms. The third kappa shape index (κ3) is 4.22. The van der Waals surface area contributed by atoms with Crippen LogP contribution in [0.15, 0.2) is 53.6 Å². The van der Waals surface area contributed by atoms with Gasteiger partial charge in [-0.1, -0.05) is 29.8 Å². The molecular weight excluding hydrogens is 298 g/mol. The number of hydrazone groups is 1. The maximum Gasteiger partial charge on any atom is 0.271 e. The maximum absolute atomic E-state index is 12.0. The van der Waals surface area contributed by atoms with Gasteiger partial charge in [0.25, 0.3) is 5.91 Å². The van der Waals surface area contributed by atoms with Crippen LogP contribution < -0.4 is 10.3 Å². The van der Waals surface area contributed by atoms with Crippen LogP contribution in [-0.2, 0) is 0 Å². The second-order valence-electron chi connectivity index (χ2n) is 6.20. The van der Waals surface area contributed by atoms with Gasteiger partial charge in [0.05, 0.1) is 6.21 Å². The van der Waals surface area contributed by atoms with E-state index in [2.05, 4.69) is 27.6 Å². The highest BCUT2D eigenvalue weighted by atomic mass is 16.2. The number of nitrogens with zero attached hydrogens (tertiary/aromatic N) is 2. The highest BCUT2D eigenvalue weighted by Gasteiger charge is 2.10. The molecule has 0 unspecified atom stereocenters. The average Bonchev–Trinajstić information content (AvgIpc) is 2.63. The molecular formula is C20H23N3O. The summed E-state index contributed by atoms with van der Waals surface area (Å²) in [7, 11) is 0. The molecule has 2 aromatic carbocycles. The highest BCUT2D eigenvalue weighted by Crippen LogP contribution is 2.19. The van der Waals surface area contributed by atoms with Crippen molar-refractivity contribution < 1.29 is 4.79 Å². The van der Waals surface area contributed by atoms with Gasteiger partial charge in [0, 0.05) is 24.3 Å². The lowest BCUT2D eigenvalue weighted by molar-refractivity contribution is 0.0955. The molecule has 1 fully saturated rings. The molecule has 0 aromatic heterocycles. The number of nitrogens with one attached hydrogen (secondary N) is 1. The van der Waals surface area contributed by atoms with Crippen LogP contribution in [-0.4, -0.2) is 25.2 Å². The summed E-state index contributed by atoms with van der Waals surface area (Å²) in [4.78, 5) is 14.4. The molecule has 3 rings (SSSR count). The Balaban J connectivity index is 1.56. The number of carbonyl (C=O) groups excluding carboxylic acids is 1. The van der Waals surface area contributed by atoms with Crippen molar-refractivity contribution in [3.63, 3.8) is 0 Å². The fourth-order valence-electron chi connectivity index (χ4n) is 2.86. The van der Waals surface area contributed by atoms with Crippen LogP contribution >= 0.6 is 0 Å². The van der Waals surface area contributed by atoms with Crippen molar-refractivity contribution in [2.45, 2.75) is 26.2 Å². The monoisotopic (exact) mass is 321 g/mol. The lowest BCUT2D eigenvalue weighted by atomic mass is 10.1. The van der Waals surface area contributed by atoms with E-state index in [0.29, 0.717) is 5.56 Å². The standard InChI is InChI=1S/C20H23N3O/c1-16-5-9-18(10-6-16)20(24)22-21-15-17-7-11-19(12-8-17)23-13-3-2-4-14-23/h5-12,15H,2-4,13-14H2,1H3,(H,22,24)/b21-15+. The number of piperidine rings is 1. The van der Waals surface area contributed by atoms with Gasteiger partial charge in [0.1, 0.15) is 0 Å². The van der Waals surface area contributed by atoms with Crippen LogP contribution in [0.4, 0.5) is 5.69 Å². The smallest absolute Gasteiger partial charge is 0.271 e. The molecule has 1 N–H and O–H groups in total. The zero-order valence-corrected chi connectivity index (χ0v) is 14.0. The molecule has 0 radical (unpaired) electrons. The summed E-state index contributed by atoms with van der Waals surface area (Å²) in [5, 5.41) is 4.04. The average molecular weight is 321 g/mol. The first-order valence-electron chi connectivity index (χ1n) is 8.47. The fourth-order valence-corrected chi connectivity index (χ4v) is 2.86. The summed E-state index contributed by atoms with van der Waals surface area (Å²) in [5.74, 6) is -0.198. The van der Waals surface area contributed by atoms with E-state index < -0.39 is 0 Å². The van der Waals surface area contributed by atoms with Crippen LogP contribution in [0.5, 0.6) is 0 Å². The molecule has 1 aliphatic heterocycles. The van der Waals surface area contributed by atoms with Gasteiger partial charge < -0.3 is 4.90 Å². The first-order valence-corrected chi connectivity index (χ1v) is 8.47. The molecule has 124 valence electrons. The van der Waals surface area contributed by atoms with Gasteiger partial charge >= 0.3 is 0 Å². The Labute approximate surface area is 143 Å². The van der Waals surface area contributed by atoms with Crippen LogP contribution in [0.3, 0.4) is 0 Å². The van der Waals surface area contributed by atoms with Gasteiger partial charge in [-0.2, -0.15) is 5.10 Å². The number of hydrogen-bond donors (Lipinski definition) is 1. The molecule has 0 aliphatic carbocycles. The molecule has 0 saturated carbocycles. The predicted molar refractivity (Wildman–Crippen MR) is 98.7 cm³/mol. The number of hydrogen-bond acceptors (Lipinski definition) is 3. The van der Waals surface area contributed by atoms with Crippen molar-refractivity contribution in [3.8, 4) is 0 Å². The minimum atomic E-state index is -0.198. The van der Waals surface area contributed by atoms with Crippen molar-refractivity contribution in [3.05, 3.63) is 65.2 Å². The topological polar surface area (TPSA) is 44.7 Å². The lowest BCUT2D eigenvalue weighted by Gasteiger charge is -2.28. The van der Waals surface area contributed by atoms with Crippen molar-refractivity contribution in [2.75, 3.05) is 18.0 Å². The van der Waals surface area contributed by atoms with Crippen molar-refractivity contribution >= 4 is 17.8 Å². The SMILES string of the molecule is Cc1ccc(C(=O)N/N=C/c2ccc(N3CCCCC3)cc2)cc1.